The zero-order valence-corrected chi connectivity index (χ0v) is 12.6. The lowest BCUT2D eigenvalue weighted by Crippen LogP contribution is -2.39. The maximum absolute atomic E-state index is 9.99. The summed E-state index contributed by atoms with van der Waals surface area (Å²) < 4.78 is 28.1. The van der Waals surface area contributed by atoms with Crippen LogP contribution in [-0.4, -0.2) is 66.8 Å². The molecule has 0 aromatic heterocycles. The van der Waals surface area contributed by atoms with Crippen molar-refractivity contribution in [1.29, 1.82) is 0 Å². The lowest BCUT2D eigenvalue weighted by molar-refractivity contribution is -0.145. The fraction of sp³-hybridized carbons (Fsp3) is 0.900. The molecule has 2 atom stereocenters. The molecule has 2 unspecified atom stereocenters. The van der Waals surface area contributed by atoms with E-state index < -0.39 is 27.6 Å². The second-order valence-electron chi connectivity index (χ2n) is 3.98. The number of carbonyl (C=O) groups is 1. The van der Waals surface area contributed by atoms with E-state index in [4.69, 9.17) is 20.5 Å². The molecular weight excluding hydrogens is 290 g/mol. The summed E-state index contributed by atoms with van der Waals surface area (Å²) in [5, 5.41) is 21.1. The normalized spacial score (nSPS) is 17.6. The Bertz CT molecular complexity index is 331. The van der Waals surface area contributed by atoms with Gasteiger partial charge in [0.05, 0.1) is 0 Å². The summed E-state index contributed by atoms with van der Waals surface area (Å²) in [7, 11) is -3.98. The maximum atomic E-state index is 9.99. The van der Waals surface area contributed by atoms with Crippen molar-refractivity contribution in [2.45, 2.75) is 31.7 Å². The van der Waals surface area contributed by atoms with Gasteiger partial charge in [-0.25, -0.2) is 4.79 Å². The van der Waals surface area contributed by atoms with E-state index in [0.29, 0.717) is 0 Å². The second-order valence-corrected chi connectivity index (χ2v) is 5.61. The molecule has 20 heavy (non-hydrogen) atoms. The highest BCUT2D eigenvalue weighted by Gasteiger charge is 2.13. The molecule has 7 N–H and O–H groups in total. The number of aliphatic hydroxyl groups excluding tert-OH is 1. The van der Waals surface area contributed by atoms with Crippen LogP contribution < -0.4 is 16.4 Å². The minimum absolute atomic E-state index is 0.235. The Balaban J connectivity index is 0. The Morgan fingerprint density at radius 2 is 1.55 bits per heavy atom. The van der Waals surface area contributed by atoms with Crippen LogP contribution in [0.1, 0.15) is 20.3 Å². The van der Waals surface area contributed by atoms with Gasteiger partial charge in [0.1, 0.15) is 11.5 Å². The van der Waals surface area contributed by atoms with E-state index in [-0.39, 0.29) is 6.42 Å². The standard InChI is InChI=1S/C4H10N2.C3H9NO3S.C3H6O3/c1-2-6-4-3-5-1;1-2-3(4)8(5,6)7;1-2(4)3(5)6/h5-6H,1-4H2;3H,2,4H2,1H3,(H,5,6,7);2,4H,1H3,(H,5,6). The number of aliphatic hydroxyl groups is 1. The lowest BCUT2D eigenvalue weighted by Gasteiger charge is -2.11. The molecule has 1 saturated heterocycles. The molecule has 122 valence electrons. The van der Waals surface area contributed by atoms with E-state index >= 15 is 0 Å². The number of hydrogen-bond acceptors (Lipinski definition) is 7. The zero-order valence-electron chi connectivity index (χ0n) is 11.7. The molecule has 0 aliphatic carbocycles. The van der Waals surface area contributed by atoms with Crippen LogP contribution in [0, 0.1) is 0 Å². The van der Waals surface area contributed by atoms with Gasteiger partial charge in [0, 0.05) is 26.2 Å². The van der Waals surface area contributed by atoms with E-state index in [0.717, 1.165) is 26.2 Å². The largest absolute Gasteiger partial charge is 0.479 e. The molecule has 0 aromatic rings. The average Bonchev–Trinajstić information content (AvgIpc) is 2.40. The average molecular weight is 315 g/mol. The third kappa shape index (κ3) is 15.3. The van der Waals surface area contributed by atoms with Gasteiger partial charge in [0.25, 0.3) is 10.1 Å². The summed E-state index contributed by atoms with van der Waals surface area (Å²) in [5.74, 6) is -1.19. The van der Waals surface area contributed by atoms with E-state index in [1.165, 1.54) is 6.92 Å². The van der Waals surface area contributed by atoms with Crippen molar-refractivity contribution in [2.75, 3.05) is 26.2 Å². The summed E-state index contributed by atoms with van der Waals surface area (Å²) in [5.41, 5.74) is 4.91. The van der Waals surface area contributed by atoms with Crippen LogP contribution in [0.3, 0.4) is 0 Å². The van der Waals surface area contributed by atoms with Crippen LogP contribution in [-0.2, 0) is 14.9 Å². The molecule has 0 radical (unpaired) electrons. The monoisotopic (exact) mass is 315 g/mol. The third-order valence-corrected chi connectivity index (χ3v) is 3.20. The van der Waals surface area contributed by atoms with E-state index in [1.54, 1.807) is 6.92 Å². The minimum atomic E-state index is -3.98. The molecule has 0 spiro atoms. The molecular formula is C10H25N3O6S. The fourth-order valence-corrected chi connectivity index (χ4v) is 1.24. The van der Waals surface area contributed by atoms with Crippen molar-refractivity contribution in [3.8, 4) is 0 Å². The first-order valence-electron chi connectivity index (χ1n) is 6.17. The molecule has 0 saturated carbocycles. The van der Waals surface area contributed by atoms with E-state index in [1.807, 2.05) is 0 Å². The number of carboxylic acids is 1. The van der Waals surface area contributed by atoms with Crippen LogP contribution in [0.5, 0.6) is 0 Å². The maximum Gasteiger partial charge on any atom is 0.332 e. The summed E-state index contributed by atoms with van der Waals surface area (Å²) in [4.78, 5) is 9.45. The van der Waals surface area contributed by atoms with Gasteiger partial charge < -0.3 is 26.6 Å². The number of piperazine rings is 1. The van der Waals surface area contributed by atoms with Gasteiger partial charge in [-0.15, -0.1) is 0 Å². The fourth-order valence-electron chi connectivity index (χ4n) is 0.814. The molecule has 0 amide bonds. The highest BCUT2D eigenvalue weighted by molar-refractivity contribution is 7.86. The number of hydrogen-bond donors (Lipinski definition) is 6. The number of nitrogens with one attached hydrogen (secondary N) is 2. The van der Waals surface area contributed by atoms with E-state index in [2.05, 4.69) is 10.6 Å². The predicted octanol–water partition coefficient (Wildman–Crippen LogP) is -1.80. The molecule has 1 heterocycles. The second kappa shape index (κ2) is 12.0. The molecule has 1 rings (SSSR count). The van der Waals surface area contributed by atoms with Gasteiger partial charge in [-0.1, -0.05) is 6.92 Å². The van der Waals surface area contributed by atoms with Crippen LogP contribution >= 0.6 is 0 Å². The predicted molar refractivity (Wildman–Crippen MR) is 74.9 cm³/mol. The summed E-state index contributed by atoms with van der Waals surface area (Å²) in [6.45, 7) is 7.33. The number of aliphatic carboxylic acids is 1. The zero-order chi connectivity index (χ0) is 16.2. The highest BCUT2D eigenvalue weighted by Crippen LogP contribution is 1.93. The van der Waals surface area contributed by atoms with Gasteiger partial charge in [-0.3, -0.25) is 4.55 Å². The Morgan fingerprint density at radius 3 is 1.60 bits per heavy atom. The van der Waals surface area contributed by atoms with Crippen LogP contribution in [0.2, 0.25) is 0 Å². The smallest absolute Gasteiger partial charge is 0.332 e. The molecule has 0 bridgehead atoms. The van der Waals surface area contributed by atoms with Crippen molar-refractivity contribution >= 4 is 16.1 Å². The van der Waals surface area contributed by atoms with Gasteiger partial charge in [0.15, 0.2) is 0 Å². The van der Waals surface area contributed by atoms with Crippen molar-refractivity contribution in [3.05, 3.63) is 0 Å². The molecule has 1 aliphatic rings. The summed E-state index contributed by atoms with van der Waals surface area (Å²) >= 11 is 0. The minimum Gasteiger partial charge on any atom is -0.479 e. The van der Waals surface area contributed by atoms with Gasteiger partial charge in [-0.2, -0.15) is 8.42 Å². The van der Waals surface area contributed by atoms with Crippen LogP contribution in [0.25, 0.3) is 0 Å². The first-order chi connectivity index (χ1) is 9.12. The Hall–Kier alpha value is -0.780. The van der Waals surface area contributed by atoms with Crippen molar-refractivity contribution in [1.82, 2.24) is 10.6 Å². The van der Waals surface area contributed by atoms with Crippen LogP contribution in [0.15, 0.2) is 0 Å². The first kappa shape index (κ1) is 21.5. The van der Waals surface area contributed by atoms with Crippen molar-refractivity contribution < 1.29 is 28.0 Å². The number of carboxylic acid groups (broad SMARTS) is 1. The Morgan fingerprint density at radius 1 is 1.25 bits per heavy atom. The summed E-state index contributed by atoms with van der Waals surface area (Å²) in [6, 6.07) is 0. The Kier molecular flexibility index (Phi) is 12.9. The van der Waals surface area contributed by atoms with Crippen molar-refractivity contribution in [3.63, 3.8) is 0 Å². The quantitative estimate of drug-likeness (QED) is 0.330. The topological polar surface area (TPSA) is 162 Å². The van der Waals surface area contributed by atoms with E-state index in [9.17, 15) is 13.2 Å². The molecule has 0 aromatic carbocycles. The molecule has 9 nitrogen and oxygen atoms in total. The first-order valence-corrected chi connectivity index (χ1v) is 7.67. The van der Waals surface area contributed by atoms with Gasteiger partial charge in [-0.05, 0) is 13.3 Å². The summed E-state index contributed by atoms with van der Waals surface area (Å²) in [6.07, 6.45) is -0.997. The molecule has 1 fully saturated rings. The highest BCUT2D eigenvalue weighted by atomic mass is 32.2. The number of rotatable bonds is 3. The third-order valence-electron chi connectivity index (χ3n) is 2.10. The van der Waals surface area contributed by atoms with Gasteiger partial charge >= 0.3 is 5.97 Å². The molecule has 10 heteroatoms. The SMILES string of the molecule is C1CNCCN1.CC(O)C(=O)O.CCC(N)S(=O)(=O)O. The van der Waals surface area contributed by atoms with Crippen molar-refractivity contribution in [2.24, 2.45) is 5.73 Å². The Labute approximate surface area is 119 Å². The molecule has 1 aliphatic heterocycles. The number of nitrogens with two attached hydrogens (primary N) is 1. The lowest BCUT2D eigenvalue weighted by atomic mass is 10.4. The van der Waals surface area contributed by atoms with Gasteiger partial charge in [0.2, 0.25) is 0 Å². The van der Waals surface area contributed by atoms with Crippen LogP contribution in [0.4, 0.5) is 0 Å².